The van der Waals surface area contributed by atoms with E-state index in [-0.39, 0.29) is 11.7 Å². The third-order valence-corrected chi connectivity index (χ3v) is 3.17. The predicted molar refractivity (Wildman–Crippen MR) is 72.5 cm³/mol. The molecule has 138 valence electrons. The first-order valence-corrected chi connectivity index (χ1v) is 6.93. The Kier molecular flexibility index (Phi) is 6.13. The van der Waals surface area contributed by atoms with Crippen molar-refractivity contribution < 1.29 is 40.2 Å². The zero-order valence-electron chi connectivity index (χ0n) is 13.1. The zero-order chi connectivity index (χ0) is 18.8. The first-order chi connectivity index (χ1) is 10.8. The van der Waals surface area contributed by atoms with Crippen LogP contribution >= 0.6 is 0 Å². The molecular weight excluding hydrogens is 345 g/mol. The van der Waals surface area contributed by atoms with Gasteiger partial charge in [-0.3, -0.25) is 0 Å². The van der Waals surface area contributed by atoms with Gasteiger partial charge in [0.1, 0.15) is 5.75 Å². The lowest BCUT2D eigenvalue weighted by Gasteiger charge is -2.30. The molecule has 0 saturated carbocycles. The number of alkyl halides is 7. The molecule has 2 nitrogen and oxygen atoms in total. The molecule has 0 aliphatic heterocycles. The van der Waals surface area contributed by atoms with Crippen molar-refractivity contribution in [2.24, 2.45) is 0 Å². The number of hydrogen-bond acceptors (Lipinski definition) is 2. The highest BCUT2D eigenvalue weighted by Gasteiger charge is 2.73. The fourth-order valence-corrected chi connectivity index (χ4v) is 1.94. The van der Waals surface area contributed by atoms with E-state index in [9.17, 15) is 30.7 Å². The van der Waals surface area contributed by atoms with Crippen molar-refractivity contribution in [3.63, 3.8) is 0 Å². The molecule has 0 bridgehead atoms. The smallest absolute Gasteiger partial charge is 0.459 e. The summed E-state index contributed by atoms with van der Waals surface area (Å²) in [4.78, 5) is 0. The van der Waals surface area contributed by atoms with E-state index in [0.717, 1.165) is 7.11 Å². The highest BCUT2D eigenvalue weighted by molar-refractivity contribution is 5.29. The normalized spacial score (nSPS) is 14.8. The van der Waals surface area contributed by atoms with Crippen LogP contribution in [0, 0.1) is 0 Å². The Morgan fingerprint density at radius 2 is 1.42 bits per heavy atom. The maximum Gasteiger partial charge on any atom is 0.459 e. The van der Waals surface area contributed by atoms with Gasteiger partial charge in [-0.05, 0) is 31.5 Å². The van der Waals surface area contributed by atoms with Crippen LogP contribution in [-0.4, -0.2) is 31.2 Å². The van der Waals surface area contributed by atoms with Gasteiger partial charge in [-0.25, -0.2) is 0 Å². The number of benzene rings is 1. The molecule has 0 aromatic heterocycles. The number of methoxy groups -OCH3 is 1. The molecule has 0 saturated heterocycles. The second-order valence-electron chi connectivity index (χ2n) is 5.44. The number of rotatable bonds is 7. The Morgan fingerprint density at radius 3 is 1.79 bits per heavy atom. The van der Waals surface area contributed by atoms with Crippen LogP contribution in [0.15, 0.2) is 24.3 Å². The van der Waals surface area contributed by atoms with Crippen LogP contribution in [0.3, 0.4) is 0 Å². The van der Waals surface area contributed by atoms with Gasteiger partial charge in [0.05, 0.1) is 12.2 Å². The Labute approximate surface area is 134 Å². The number of halogens is 7. The summed E-state index contributed by atoms with van der Waals surface area (Å²) in [7, 11) is 0.949. The highest BCUT2D eigenvalue weighted by Crippen LogP contribution is 2.50. The molecule has 1 aromatic carbocycles. The molecule has 0 fully saturated rings. The summed E-state index contributed by atoms with van der Waals surface area (Å²) in [5.41, 5.74) is 0.0336. The summed E-state index contributed by atoms with van der Waals surface area (Å²) in [5.74, 6) is -11.1. The average Bonchev–Trinajstić information content (AvgIpc) is 2.43. The topological polar surface area (TPSA) is 18.5 Å². The minimum Gasteiger partial charge on any atom is -0.491 e. The fraction of sp³-hybridized carbons (Fsp3) is 0.600. The van der Waals surface area contributed by atoms with Crippen LogP contribution < -0.4 is 4.74 Å². The van der Waals surface area contributed by atoms with E-state index in [2.05, 4.69) is 4.74 Å². The summed E-state index contributed by atoms with van der Waals surface area (Å²) in [6, 6.07) is 5.32. The Balaban J connectivity index is 2.98. The number of hydrogen-bond donors (Lipinski definition) is 0. The van der Waals surface area contributed by atoms with E-state index in [1.807, 2.05) is 0 Å². The van der Waals surface area contributed by atoms with E-state index in [1.54, 1.807) is 13.8 Å². The van der Waals surface area contributed by atoms with Crippen molar-refractivity contribution in [2.75, 3.05) is 7.11 Å². The second kappa shape index (κ2) is 7.16. The van der Waals surface area contributed by atoms with Crippen molar-refractivity contribution >= 4 is 0 Å². The maximum atomic E-state index is 13.5. The molecule has 0 radical (unpaired) electrons. The van der Waals surface area contributed by atoms with Gasteiger partial charge in [0.25, 0.3) is 0 Å². The SMILES string of the molecule is COC(CC(F)(F)C(F)(F)C(F)(F)F)c1ccc(OC(C)C)cc1. The average molecular weight is 362 g/mol. The molecule has 1 unspecified atom stereocenters. The summed E-state index contributed by atoms with van der Waals surface area (Å²) < 4.78 is 99.5. The molecule has 1 aromatic rings. The van der Waals surface area contributed by atoms with Crippen molar-refractivity contribution in [1.82, 2.24) is 0 Å². The van der Waals surface area contributed by atoms with Crippen LogP contribution in [-0.2, 0) is 4.74 Å². The van der Waals surface area contributed by atoms with Crippen LogP contribution in [0.1, 0.15) is 31.9 Å². The quantitative estimate of drug-likeness (QED) is 0.606. The molecule has 0 aliphatic rings. The summed E-state index contributed by atoms with van der Waals surface area (Å²) in [6.07, 6.45) is -9.96. The molecule has 0 spiro atoms. The van der Waals surface area contributed by atoms with Crippen molar-refractivity contribution in [3.05, 3.63) is 29.8 Å². The standard InChI is InChI=1S/C15H17F7O2/c1-9(2)24-11-6-4-10(5-7-11)12(23-3)8-13(16,17)14(18,19)15(20,21)22/h4-7,9,12H,8H2,1-3H3. The van der Waals surface area contributed by atoms with E-state index in [4.69, 9.17) is 4.74 Å². The zero-order valence-corrected chi connectivity index (χ0v) is 13.1. The summed E-state index contributed by atoms with van der Waals surface area (Å²) in [5, 5.41) is 0. The third-order valence-electron chi connectivity index (χ3n) is 3.17. The Hall–Kier alpha value is -1.51. The van der Waals surface area contributed by atoms with Crippen LogP contribution in [0.2, 0.25) is 0 Å². The van der Waals surface area contributed by atoms with Gasteiger partial charge in [-0.1, -0.05) is 12.1 Å². The van der Waals surface area contributed by atoms with E-state index >= 15 is 0 Å². The predicted octanol–water partition coefficient (Wildman–Crippen LogP) is 5.38. The molecule has 1 rings (SSSR count). The summed E-state index contributed by atoms with van der Waals surface area (Å²) >= 11 is 0. The van der Waals surface area contributed by atoms with Crippen LogP contribution in [0.25, 0.3) is 0 Å². The molecule has 0 aliphatic carbocycles. The molecule has 24 heavy (non-hydrogen) atoms. The minimum atomic E-state index is -6.36. The van der Waals surface area contributed by atoms with Crippen molar-refractivity contribution in [3.8, 4) is 5.75 Å². The van der Waals surface area contributed by atoms with Gasteiger partial charge < -0.3 is 9.47 Å². The summed E-state index contributed by atoms with van der Waals surface area (Å²) in [6.45, 7) is 3.51. The Bertz CT molecular complexity index is 524. The molecular formula is C15H17F7O2. The largest absolute Gasteiger partial charge is 0.491 e. The molecule has 1 atom stereocenters. The Morgan fingerprint density at radius 1 is 0.917 bits per heavy atom. The van der Waals surface area contributed by atoms with E-state index in [0.29, 0.717) is 5.75 Å². The second-order valence-corrected chi connectivity index (χ2v) is 5.44. The minimum absolute atomic E-state index is 0.0336. The highest BCUT2D eigenvalue weighted by atomic mass is 19.4. The van der Waals surface area contributed by atoms with Crippen molar-refractivity contribution in [2.45, 2.75) is 50.5 Å². The van der Waals surface area contributed by atoms with Gasteiger partial charge in [0, 0.05) is 13.5 Å². The first kappa shape index (κ1) is 20.5. The molecule has 0 amide bonds. The van der Waals surface area contributed by atoms with Gasteiger partial charge >= 0.3 is 18.0 Å². The lowest BCUT2D eigenvalue weighted by atomic mass is 9.98. The molecule has 0 N–H and O–H groups in total. The molecule has 9 heteroatoms. The van der Waals surface area contributed by atoms with Gasteiger partial charge in [-0.15, -0.1) is 0 Å². The monoisotopic (exact) mass is 362 g/mol. The number of ether oxygens (including phenoxy) is 2. The first-order valence-electron chi connectivity index (χ1n) is 6.93. The van der Waals surface area contributed by atoms with Gasteiger partial charge in [-0.2, -0.15) is 30.7 Å². The van der Waals surface area contributed by atoms with E-state index < -0.39 is 30.5 Å². The third kappa shape index (κ3) is 4.52. The van der Waals surface area contributed by atoms with Crippen LogP contribution in [0.5, 0.6) is 5.75 Å². The van der Waals surface area contributed by atoms with Gasteiger partial charge in [0.15, 0.2) is 0 Å². The lowest BCUT2D eigenvalue weighted by Crippen LogP contribution is -2.52. The van der Waals surface area contributed by atoms with E-state index in [1.165, 1.54) is 24.3 Å². The van der Waals surface area contributed by atoms with Crippen molar-refractivity contribution in [1.29, 1.82) is 0 Å². The molecule has 0 heterocycles. The van der Waals surface area contributed by atoms with Gasteiger partial charge in [0.2, 0.25) is 0 Å². The lowest BCUT2D eigenvalue weighted by molar-refractivity contribution is -0.358. The van der Waals surface area contributed by atoms with Crippen LogP contribution in [0.4, 0.5) is 30.7 Å². The fourth-order valence-electron chi connectivity index (χ4n) is 1.94. The maximum absolute atomic E-state index is 13.5.